The Kier molecular flexibility index (Phi) is 6.75. The Balaban J connectivity index is 1.80. The molecule has 0 spiro atoms. The van der Waals surface area contributed by atoms with Crippen LogP contribution >= 0.6 is 12.2 Å². The number of rotatable bonds is 6. The summed E-state index contributed by atoms with van der Waals surface area (Å²) >= 11 is 5.53. The molecule has 0 saturated carbocycles. The monoisotopic (exact) mass is 457 g/mol. The zero-order valence-electron chi connectivity index (χ0n) is 18.9. The molecule has 0 radical (unpaired) electrons. The van der Waals surface area contributed by atoms with E-state index in [-0.39, 0.29) is 12.0 Å². The van der Waals surface area contributed by atoms with Crippen molar-refractivity contribution in [3.8, 4) is 5.75 Å². The highest BCUT2D eigenvalue weighted by Crippen LogP contribution is 2.33. The lowest BCUT2D eigenvalue weighted by atomic mass is 9.92. The molecule has 1 amide bonds. The third kappa shape index (κ3) is 5.41. The highest BCUT2D eigenvalue weighted by molar-refractivity contribution is 7.80. The lowest BCUT2D eigenvalue weighted by Gasteiger charge is -2.32. The molecule has 4 rings (SSSR count). The van der Waals surface area contributed by atoms with Gasteiger partial charge >= 0.3 is 0 Å². The van der Waals surface area contributed by atoms with Crippen LogP contribution in [0.25, 0.3) is 5.70 Å². The lowest BCUT2D eigenvalue weighted by molar-refractivity contribution is -0.113. The van der Waals surface area contributed by atoms with Gasteiger partial charge in [-0.3, -0.25) is 4.79 Å². The number of hydrogen-bond donors (Lipinski definition) is 3. The van der Waals surface area contributed by atoms with E-state index in [1.807, 2.05) is 99.6 Å². The third-order valence-corrected chi connectivity index (χ3v) is 5.47. The number of ether oxygens (including phenoxy) is 1. The van der Waals surface area contributed by atoms with E-state index in [1.165, 1.54) is 0 Å². The zero-order valence-corrected chi connectivity index (χ0v) is 19.7. The number of amides is 1. The molecule has 0 bridgehead atoms. The normalized spacial score (nSPS) is 15.6. The number of nitrogens with one attached hydrogen (secondary N) is 3. The third-order valence-electron chi connectivity index (χ3n) is 5.25. The van der Waals surface area contributed by atoms with Crippen molar-refractivity contribution < 1.29 is 9.53 Å². The van der Waals surface area contributed by atoms with Crippen molar-refractivity contribution in [2.75, 3.05) is 5.32 Å². The van der Waals surface area contributed by atoms with E-state index in [4.69, 9.17) is 17.0 Å². The largest absolute Gasteiger partial charge is 0.491 e. The van der Waals surface area contributed by atoms with E-state index in [0.29, 0.717) is 16.4 Å². The summed E-state index contributed by atoms with van der Waals surface area (Å²) in [6.07, 6.45) is 0.0436. The Bertz CT molecular complexity index is 1190. The Morgan fingerprint density at radius 3 is 2.42 bits per heavy atom. The molecular weight excluding hydrogens is 430 g/mol. The first kappa shape index (κ1) is 22.6. The molecule has 5 nitrogen and oxygen atoms in total. The molecule has 1 aliphatic heterocycles. The quantitative estimate of drug-likeness (QED) is 0.436. The van der Waals surface area contributed by atoms with Crippen molar-refractivity contribution in [1.82, 2.24) is 10.6 Å². The van der Waals surface area contributed by atoms with Crippen molar-refractivity contribution in [1.29, 1.82) is 0 Å². The number of benzene rings is 3. The molecule has 0 fully saturated rings. The topological polar surface area (TPSA) is 62.4 Å². The number of anilines is 1. The van der Waals surface area contributed by atoms with E-state index >= 15 is 0 Å². The second-order valence-electron chi connectivity index (χ2n) is 8.25. The first-order valence-electron chi connectivity index (χ1n) is 10.9. The van der Waals surface area contributed by atoms with Crippen molar-refractivity contribution in [3.63, 3.8) is 0 Å². The van der Waals surface area contributed by atoms with E-state index in [1.54, 1.807) is 0 Å². The predicted molar refractivity (Wildman–Crippen MR) is 137 cm³/mol. The van der Waals surface area contributed by atoms with Crippen molar-refractivity contribution >= 4 is 34.6 Å². The minimum atomic E-state index is -0.449. The van der Waals surface area contributed by atoms with Crippen LogP contribution in [0.4, 0.5) is 5.69 Å². The first-order chi connectivity index (χ1) is 15.9. The second kappa shape index (κ2) is 9.88. The van der Waals surface area contributed by atoms with E-state index in [0.717, 1.165) is 28.1 Å². The highest BCUT2D eigenvalue weighted by Gasteiger charge is 2.32. The van der Waals surface area contributed by atoms with Gasteiger partial charge in [-0.1, -0.05) is 60.2 Å². The number of thiocarbonyl (C=S) groups is 1. The molecule has 3 aromatic carbocycles. The molecule has 0 aliphatic carbocycles. The maximum absolute atomic E-state index is 13.7. The predicted octanol–water partition coefficient (Wildman–Crippen LogP) is 5.35. The van der Waals surface area contributed by atoms with Gasteiger partial charge in [0.05, 0.1) is 23.4 Å². The van der Waals surface area contributed by atoms with Gasteiger partial charge in [0.1, 0.15) is 5.75 Å². The summed E-state index contributed by atoms with van der Waals surface area (Å²) in [5, 5.41) is 10.0. The van der Waals surface area contributed by atoms with Crippen LogP contribution in [0, 0.1) is 6.92 Å². The average Bonchev–Trinajstić information content (AvgIpc) is 2.80. The van der Waals surface area contributed by atoms with Gasteiger partial charge in [0, 0.05) is 5.69 Å². The fraction of sp³-hybridized carbons (Fsp3) is 0.185. The van der Waals surface area contributed by atoms with E-state index < -0.39 is 6.04 Å². The molecule has 0 aromatic heterocycles. The van der Waals surface area contributed by atoms with Crippen molar-refractivity contribution in [2.45, 2.75) is 32.9 Å². The summed E-state index contributed by atoms with van der Waals surface area (Å²) in [6, 6.07) is 24.8. The summed E-state index contributed by atoms with van der Waals surface area (Å²) in [7, 11) is 0. The molecule has 6 heteroatoms. The van der Waals surface area contributed by atoms with Crippen LogP contribution in [0.15, 0.2) is 84.4 Å². The summed E-state index contributed by atoms with van der Waals surface area (Å²) in [5.41, 5.74) is 4.87. The van der Waals surface area contributed by atoms with Gasteiger partial charge in [-0.05, 0) is 68.4 Å². The van der Waals surface area contributed by atoms with Gasteiger partial charge in [0.25, 0.3) is 5.91 Å². The summed E-state index contributed by atoms with van der Waals surface area (Å²) < 4.78 is 5.89. The lowest BCUT2D eigenvalue weighted by Crippen LogP contribution is -2.45. The van der Waals surface area contributed by atoms with Crippen LogP contribution in [0.3, 0.4) is 0 Å². The maximum atomic E-state index is 13.7. The molecule has 1 aliphatic rings. The van der Waals surface area contributed by atoms with Crippen LogP contribution < -0.4 is 20.7 Å². The number of carbonyl (C=O) groups excluding carboxylic acids is 1. The van der Waals surface area contributed by atoms with Crippen LogP contribution in [-0.4, -0.2) is 17.1 Å². The van der Waals surface area contributed by atoms with Gasteiger partial charge in [-0.15, -0.1) is 0 Å². The molecular formula is C27H27N3O2S. The fourth-order valence-corrected chi connectivity index (χ4v) is 3.99. The van der Waals surface area contributed by atoms with E-state index in [2.05, 4.69) is 16.0 Å². The highest BCUT2D eigenvalue weighted by atomic mass is 32.1. The minimum absolute atomic E-state index is 0.0436. The smallest absolute Gasteiger partial charge is 0.256 e. The maximum Gasteiger partial charge on any atom is 0.256 e. The Morgan fingerprint density at radius 2 is 1.73 bits per heavy atom. The van der Waals surface area contributed by atoms with Gasteiger partial charge in [-0.2, -0.15) is 0 Å². The summed E-state index contributed by atoms with van der Waals surface area (Å²) in [4.78, 5) is 13.7. The van der Waals surface area contributed by atoms with Crippen molar-refractivity contribution in [3.05, 3.63) is 101 Å². The molecule has 3 N–H and O–H groups in total. The van der Waals surface area contributed by atoms with Gasteiger partial charge < -0.3 is 20.7 Å². The Hall–Kier alpha value is -3.64. The van der Waals surface area contributed by atoms with Crippen molar-refractivity contribution in [2.24, 2.45) is 0 Å². The summed E-state index contributed by atoms with van der Waals surface area (Å²) in [6.45, 7) is 5.98. The minimum Gasteiger partial charge on any atom is -0.491 e. The van der Waals surface area contributed by atoms with E-state index in [9.17, 15) is 4.79 Å². The zero-order chi connectivity index (χ0) is 23.4. The van der Waals surface area contributed by atoms with Crippen LogP contribution in [0.5, 0.6) is 5.75 Å². The molecule has 168 valence electrons. The molecule has 33 heavy (non-hydrogen) atoms. The molecule has 1 heterocycles. The fourth-order valence-electron chi connectivity index (χ4n) is 3.77. The Labute approximate surface area is 199 Å². The van der Waals surface area contributed by atoms with Crippen LogP contribution in [-0.2, 0) is 4.79 Å². The van der Waals surface area contributed by atoms with Crippen LogP contribution in [0.1, 0.15) is 36.6 Å². The number of hydrogen-bond acceptors (Lipinski definition) is 3. The SMILES string of the molecule is Cc1ccc(NC(=O)C2=C(c3ccccc3)NC(=S)N[C@H]2c2cccc(OC(C)C)c2)cc1. The molecule has 3 aromatic rings. The Morgan fingerprint density at radius 1 is 1.00 bits per heavy atom. The second-order valence-corrected chi connectivity index (χ2v) is 8.65. The molecule has 1 atom stereocenters. The number of aryl methyl sites for hydroxylation is 1. The van der Waals surface area contributed by atoms with Crippen LogP contribution in [0.2, 0.25) is 0 Å². The van der Waals surface area contributed by atoms with Gasteiger partial charge in [0.2, 0.25) is 0 Å². The molecule has 0 saturated heterocycles. The van der Waals surface area contributed by atoms with Gasteiger partial charge in [-0.25, -0.2) is 0 Å². The summed E-state index contributed by atoms with van der Waals surface area (Å²) in [5.74, 6) is 0.536. The first-order valence-corrected chi connectivity index (χ1v) is 11.3. The molecule has 0 unspecified atom stereocenters. The van der Waals surface area contributed by atoms with Gasteiger partial charge in [0.15, 0.2) is 5.11 Å². The standard InChI is InChI=1S/C27H27N3O2S/c1-17(2)32-22-11-7-10-20(16-22)25-23(26(31)28-21-14-12-18(3)13-15-21)24(29-27(33)30-25)19-8-5-4-6-9-19/h4-17,25H,1-3H3,(H,28,31)(H2,29,30,33)/t25-/m0/s1. The average molecular weight is 458 g/mol. The number of carbonyl (C=O) groups is 1.